The molecule has 1 heterocycles. The lowest BCUT2D eigenvalue weighted by molar-refractivity contribution is -0.620. The van der Waals surface area contributed by atoms with Crippen LogP contribution in [0.25, 0.3) is 0 Å². The molecule has 60 valence electrons. The van der Waals surface area contributed by atoms with Crippen LogP contribution >= 0.6 is 0 Å². The molecular weight excluding hydrogens is 141 g/mol. The molecule has 0 saturated heterocycles. The van der Waals surface area contributed by atoms with E-state index < -0.39 is 0 Å². The summed E-state index contributed by atoms with van der Waals surface area (Å²) >= 11 is 0. The fourth-order valence-corrected chi connectivity index (χ4v) is 0.959. The zero-order valence-corrected chi connectivity index (χ0v) is 7.30. The minimum atomic E-state index is 0.688. The van der Waals surface area contributed by atoms with Gasteiger partial charge >= 0.3 is 0 Å². The molecule has 11 heavy (non-hydrogen) atoms. The van der Waals surface area contributed by atoms with Crippen LogP contribution in [0.1, 0.15) is 22.8 Å². The van der Waals surface area contributed by atoms with Gasteiger partial charge in [-0.05, 0) is 13.8 Å². The molecule has 0 aliphatic carbocycles. The van der Waals surface area contributed by atoms with E-state index in [1.807, 2.05) is 13.8 Å². The molecule has 3 heteroatoms. The first-order chi connectivity index (χ1) is 5.04. The van der Waals surface area contributed by atoms with E-state index in [4.69, 9.17) is 0 Å². The molecule has 1 aromatic rings. The Bertz CT molecular complexity index is 268. The molecule has 1 rings (SSSR count). The number of aromatic nitrogens is 2. The molecule has 0 bridgehead atoms. The predicted molar refractivity (Wildman–Crippen MR) is 42.1 cm³/mol. The monoisotopic (exact) mass is 153 g/mol. The lowest BCUT2D eigenvalue weighted by atomic mass is 10.3. The van der Waals surface area contributed by atoms with E-state index in [1.165, 1.54) is 0 Å². The van der Waals surface area contributed by atoms with Crippen LogP contribution < -0.4 is 4.73 Å². The second kappa shape index (κ2) is 2.49. The van der Waals surface area contributed by atoms with Crippen molar-refractivity contribution in [3.05, 3.63) is 28.0 Å². The maximum atomic E-state index is 11.3. The van der Waals surface area contributed by atoms with Crippen LogP contribution in [0.5, 0.6) is 0 Å². The summed E-state index contributed by atoms with van der Waals surface area (Å²) in [5.41, 5.74) is 2.99. The van der Waals surface area contributed by atoms with E-state index in [1.54, 1.807) is 13.8 Å². The average Bonchev–Trinajstić information content (AvgIpc) is 1.97. The highest BCUT2D eigenvalue weighted by atomic mass is 16.7. The fourth-order valence-electron chi connectivity index (χ4n) is 0.959. The van der Waals surface area contributed by atoms with Crippen molar-refractivity contribution < 1.29 is 4.73 Å². The van der Waals surface area contributed by atoms with Crippen molar-refractivity contribution in [2.45, 2.75) is 27.7 Å². The zero-order valence-electron chi connectivity index (χ0n) is 7.30. The third-order valence-corrected chi connectivity index (χ3v) is 1.99. The van der Waals surface area contributed by atoms with Gasteiger partial charge in [0.2, 0.25) is 11.4 Å². The summed E-state index contributed by atoms with van der Waals surface area (Å²) in [7, 11) is 0. The molecule has 0 saturated carbocycles. The first-order valence-electron chi connectivity index (χ1n) is 3.58. The maximum absolute atomic E-state index is 11.3. The van der Waals surface area contributed by atoms with Crippen LogP contribution in [-0.2, 0) is 0 Å². The van der Waals surface area contributed by atoms with Crippen molar-refractivity contribution in [3.8, 4) is 0 Å². The Balaban J connectivity index is 3.46. The van der Waals surface area contributed by atoms with Gasteiger partial charge in [0.15, 0.2) is 0 Å². The lowest BCUT2D eigenvalue weighted by Crippen LogP contribution is -2.36. The highest BCUT2D eigenvalue weighted by Gasteiger charge is 2.10. The van der Waals surface area contributed by atoms with Crippen LogP contribution in [0.15, 0.2) is 0 Å². The summed E-state index contributed by atoms with van der Waals surface area (Å²) in [6.07, 6.45) is 0. The normalized spacial score (nSPS) is 10.2. The van der Waals surface area contributed by atoms with Gasteiger partial charge in [0.05, 0.1) is 0 Å². The third kappa shape index (κ3) is 1.18. The minimum absolute atomic E-state index is 0.688. The van der Waals surface area contributed by atoms with Gasteiger partial charge in [-0.15, -0.1) is 0 Å². The van der Waals surface area contributed by atoms with Gasteiger partial charge < -0.3 is 5.21 Å². The topological polar surface area (TPSA) is 39.8 Å². The summed E-state index contributed by atoms with van der Waals surface area (Å²) in [6.45, 7) is 7.25. The Hall–Kier alpha value is -1.12. The van der Waals surface area contributed by atoms with Gasteiger partial charge in [-0.25, -0.2) is 4.98 Å². The molecule has 0 spiro atoms. The number of aryl methyl sites for hydroxylation is 2. The summed E-state index contributed by atoms with van der Waals surface area (Å²) in [5, 5.41) is 11.3. The van der Waals surface area contributed by atoms with Crippen LogP contribution in [0.4, 0.5) is 0 Å². The van der Waals surface area contributed by atoms with Crippen molar-refractivity contribution in [3.63, 3.8) is 0 Å². The summed E-state index contributed by atoms with van der Waals surface area (Å²) in [5.74, 6) is 0. The first-order valence-corrected chi connectivity index (χ1v) is 3.58. The van der Waals surface area contributed by atoms with E-state index in [2.05, 4.69) is 4.98 Å². The Labute approximate surface area is 66.3 Å². The Morgan fingerprint density at radius 2 is 1.36 bits per heavy atom. The highest BCUT2D eigenvalue weighted by molar-refractivity contribution is 5.09. The Morgan fingerprint density at radius 3 is 1.73 bits per heavy atom. The molecule has 0 unspecified atom stereocenters. The summed E-state index contributed by atoms with van der Waals surface area (Å²) in [4.78, 5) is 4.21. The zero-order chi connectivity index (χ0) is 8.59. The van der Waals surface area contributed by atoms with E-state index in [0.29, 0.717) is 11.4 Å². The molecule has 0 amide bonds. The van der Waals surface area contributed by atoms with Crippen molar-refractivity contribution in [1.29, 1.82) is 0 Å². The van der Waals surface area contributed by atoms with Crippen LogP contribution in [0.3, 0.4) is 0 Å². The van der Waals surface area contributed by atoms with Crippen molar-refractivity contribution in [2.75, 3.05) is 0 Å². The van der Waals surface area contributed by atoms with Gasteiger partial charge in [0, 0.05) is 13.8 Å². The average molecular weight is 153 g/mol. The largest absolute Gasteiger partial charge is 0.618 e. The first kappa shape index (κ1) is 7.98. The molecule has 0 aliphatic heterocycles. The quantitative estimate of drug-likeness (QED) is 0.411. The van der Waals surface area contributed by atoms with Gasteiger partial charge in [-0.1, -0.05) is 0 Å². The van der Waals surface area contributed by atoms with Crippen LogP contribution in [0.2, 0.25) is 0 Å². The molecule has 1 aromatic heterocycles. The van der Waals surface area contributed by atoms with Gasteiger partial charge in [-0.2, -0.15) is 4.73 Å². The fraction of sp³-hybridized carbons (Fsp3) is 0.500. The second-order valence-corrected chi connectivity index (χ2v) is 2.75. The molecule has 0 N–H and O–H groups in total. The van der Waals surface area contributed by atoms with Gasteiger partial charge in [-0.3, -0.25) is 0 Å². The molecule has 3 nitrogen and oxygen atoms in total. The van der Waals surface area contributed by atoms with Crippen LogP contribution in [0, 0.1) is 32.9 Å². The highest BCUT2D eigenvalue weighted by Crippen LogP contribution is 2.02. The van der Waals surface area contributed by atoms with E-state index in [0.717, 1.165) is 16.1 Å². The number of hydrogen-bond acceptors (Lipinski definition) is 2. The maximum Gasteiger partial charge on any atom is 0.211 e. The van der Waals surface area contributed by atoms with Crippen molar-refractivity contribution in [2.24, 2.45) is 0 Å². The summed E-state index contributed by atoms with van der Waals surface area (Å²) < 4.78 is 0.928. The van der Waals surface area contributed by atoms with E-state index in [9.17, 15) is 5.21 Å². The molecule has 0 aliphatic rings. The minimum Gasteiger partial charge on any atom is -0.618 e. The molecule has 0 radical (unpaired) electrons. The number of hydrogen-bond donors (Lipinski definition) is 0. The van der Waals surface area contributed by atoms with Crippen LogP contribution in [-0.4, -0.2) is 4.98 Å². The number of rotatable bonds is 0. The predicted octanol–water partition coefficient (Wildman–Crippen LogP) is 0.949. The Kier molecular flexibility index (Phi) is 1.81. The van der Waals surface area contributed by atoms with E-state index in [-0.39, 0.29) is 0 Å². The van der Waals surface area contributed by atoms with Crippen molar-refractivity contribution in [1.82, 2.24) is 4.98 Å². The van der Waals surface area contributed by atoms with Gasteiger partial charge in [0.25, 0.3) is 0 Å². The SMILES string of the molecule is Cc1nc(C)c(C)[15n+]([O-])c1C. The third-order valence-electron chi connectivity index (χ3n) is 1.99. The van der Waals surface area contributed by atoms with Crippen molar-refractivity contribution >= 4 is 0 Å². The molecule has 0 atom stereocenters. The Morgan fingerprint density at radius 1 is 1.00 bits per heavy atom. The molecule has 0 fully saturated rings. The second-order valence-electron chi connectivity index (χ2n) is 2.75. The smallest absolute Gasteiger partial charge is 0.211 e. The molecular formula is C8H12N2O. The van der Waals surface area contributed by atoms with E-state index >= 15 is 0 Å². The standard InChI is InChI=1S/C8H12N2O/c1-5-7(3)10(11)8(4)6(2)9-5/h1-4H3/i10+1. The summed E-state index contributed by atoms with van der Waals surface area (Å²) in [6, 6.07) is 0. The molecule has 0 aromatic carbocycles. The van der Waals surface area contributed by atoms with Gasteiger partial charge in [0.1, 0.15) is 11.4 Å². The number of nitrogens with zero attached hydrogens (tertiary/aromatic N) is 2. The lowest BCUT2D eigenvalue weighted by Gasteiger charge is -2.07.